The summed E-state index contributed by atoms with van der Waals surface area (Å²) in [5.74, 6) is -1.10. The highest BCUT2D eigenvalue weighted by atomic mass is 32.1. The number of rotatable bonds is 4. The van der Waals surface area contributed by atoms with Crippen LogP contribution < -0.4 is 0 Å². The van der Waals surface area contributed by atoms with Gasteiger partial charge in [-0.2, -0.15) is 12.6 Å². The summed E-state index contributed by atoms with van der Waals surface area (Å²) < 4.78 is 0. The van der Waals surface area contributed by atoms with Crippen molar-refractivity contribution in [1.82, 2.24) is 0 Å². The average molecular weight is 216 g/mol. The highest BCUT2D eigenvalue weighted by Crippen LogP contribution is 2.34. The molecule has 0 spiro atoms. The molecule has 0 aromatic rings. The summed E-state index contributed by atoms with van der Waals surface area (Å²) in [6.07, 6.45) is 2.23. The maximum Gasteiger partial charge on any atom is 0.307 e. The van der Waals surface area contributed by atoms with Crippen LogP contribution in [-0.2, 0) is 9.59 Å². The van der Waals surface area contributed by atoms with E-state index in [1.165, 1.54) is 0 Å². The molecule has 4 heteroatoms. The number of thiol groups is 1. The molecular weight excluding hydrogens is 200 g/mol. The van der Waals surface area contributed by atoms with E-state index in [1.807, 2.05) is 6.92 Å². The molecule has 3 atom stereocenters. The first-order chi connectivity index (χ1) is 6.57. The highest BCUT2D eigenvalue weighted by molar-refractivity contribution is 7.80. The van der Waals surface area contributed by atoms with E-state index in [9.17, 15) is 9.59 Å². The Morgan fingerprint density at radius 1 is 1.43 bits per heavy atom. The predicted octanol–water partition coefficient (Wildman–Crippen LogP) is 1.62. The molecule has 0 heterocycles. The number of carboxylic acid groups (broad SMARTS) is 1. The third-order valence-corrected chi connectivity index (χ3v) is 3.51. The fourth-order valence-corrected chi connectivity index (χ4v) is 2.23. The lowest BCUT2D eigenvalue weighted by Gasteiger charge is -2.17. The zero-order valence-electron chi connectivity index (χ0n) is 8.27. The number of hydrogen-bond donors (Lipinski definition) is 2. The number of hydrogen-bond acceptors (Lipinski definition) is 3. The Kier molecular flexibility index (Phi) is 3.98. The summed E-state index contributed by atoms with van der Waals surface area (Å²) in [6.45, 7) is 1.81. The minimum Gasteiger partial charge on any atom is -0.481 e. The van der Waals surface area contributed by atoms with E-state index in [0.29, 0.717) is 12.2 Å². The predicted molar refractivity (Wildman–Crippen MR) is 56.5 cm³/mol. The van der Waals surface area contributed by atoms with Crippen LogP contribution in [0.5, 0.6) is 0 Å². The second kappa shape index (κ2) is 4.82. The smallest absolute Gasteiger partial charge is 0.307 e. The number of Topliss-reactive ketones (excluding diaryl/α,β-unsaturated/α-hetero) is 1. The van der Waals surface area contributed by atoms with Crippen molar-refractivity contribution in [1.29, 1.82) is 0 Å². The van der Waals surface area contributed by atoms with Gasteiger partial charge >= 0.3 is 5.97 Å². The summed E-state index contributed by atoms with van der Waals surface area (Å²) >= 11 is 4.06. The second-order valence-electron chi connectivity index (χ2n) is 3.97. The molecular formula is C10H16O3S. The SMILES string of the molecule is C[C@H](CS)C(=O)[C@@H]1CCC[C@H]1C(=O)O. The number of carboxylic acids is 1. The van der Waals surface area contributed by atoms with Gasteiger partial charge in [0.05, 0.1) is 5.92 Å². The quantitative estimate of drug-likeness (QED) is 0.702. The lowest BCUT2D eigenvalue weighted by atomic mass is 9.87. The third kappa shape index (κ3) is 2.29. The summed E-state index contributed by atoms with van der Waals surface area (Å²) in [5, 5.41) is 8.92. The van der Waals surface area contributed by atoms with Crippen LogP contribution in [0.2, 0.25) is 0 Å². The topological polar surface area (TPSA) is 54.4 Å². The fraction of sp³-hybridized carbons (Fsp3) is 0.800. The largest absolute Gasteiger partial charge is 0.481 e. The first kappa shape index (κ1) is 11.6. The van der Waals surface area contributed by atoms with Gasteiger partial charge in [0.1, 0.15) is 5.78 Å². The summed E-state index contributed by atoms with van der Waals surface area (Å²) in [5.41, 5.74) is 0. The number of carbonyl (C=O) groups is 2. The van der Waals surface area contributed by atoms with Gasteiger partial charge in [-0.1, -0.05) is 13.3 Å². The zero-order chi connectivity index (χ0) is 10.7. The molecule has 1 fully saturated rings. The molecule has 0 aliphatic heterocycles. The molecule has 3 nitrogen and oxygen atoms in total. The lowest BCUT2D eigenvalue weighted by Crippen LogP contribution is -2.29. The van der Waals surface area contributed by atoms with Crippen molar-refractivity contribution in [2.24, 2.45) is 17.8 Å². The molecule has 1 N–H and O–H groups in total. The van der Waals surface area contributed by atoms with Crippen LogP contribution in [0.1, 0.15) is 26.2 Å². The van der Waals surface area contributed by atoms with Crippen molar-refractivity contribution in [3.05, 3.63) is 0 Å². The molecule has 0 amide bonds. The first-order valence-electron chi connectivity index (χ1n) is 4.95. The Bertz CT molecular complexity index is 240. The molecule has 1 saturated carbocycles. The Balaban J connectivity index is 2.67. The maximum absolute atomic E-state index is 11.8. The van der Waals surface area contributed by atoms with Crippen LogP contribution in [0, 0.1) is 17.8 Å². The van der Waals surface area contributed by atoms with E-state index in [4.69, 9.17) is 5.11 Å². The Morgan fingerprint density at radius 3 is 2.50 bits per heavy atom. The van der Waals surface area contributed by atoms with Crippen LogP contribution in [-0.4, -0.2) is 22.6 Å². The fourth-order valence-electron chi connectivity index (χ4n) is 2.05. The van der Waals surface area contributed by atoms with Gasteiger partial charge in [-0.15, -0.1) is 0 Å². The molecule has 0 bridgehead atoms. The molecule has 0 unspecified atom stereocenters. The van der Waals surface area contributed by atoms with Crippen LogP contribution in [0.3, 0.4) is 0 Å². The maximum atomic E-state index is 11.8. The van der Waals surface area contributed by atoms with Crippen LogP contribution in [0.15, 0.2) is 0 Å². The highest BCUT2D eigenvalue weighted by Gasteiger charge is 2.38. The van der Waals surface area contributed by atoms with Crippen LogP contribution in [0.4, 0.5) is 0 Å². The molecule has 1 aliphatic rings. The van der Waals surface area contributed by atoms with E-state index in [1.54, 1.807) is 0 Å². The number of aliphatic carboxylic acids is 1. The Morgan fingerprint density at radius 2 is 2.00 bits per heavy atom. The van der Waals surface area contributed by atoms with Crippen molar-refractivity contribution < 1.29 is 14.7 Å². The standard InChI is InChI=1S/C10H16O3S/c1-6(5-14)9(11)7-3-2-4-8(7)10(12)13/h6-8,14H,2-5H2,1H3,(H,12,13)/t6-,7-,8-/m1/s1. The molecule has 1 rings (SSSR count). The molecule has 14 heavy (non-hydrogen) atoms. The van der Waals surface area contributed by atoms with Crippen molar-refractivity contribution in [3.63, 3.8) is 0 Å². The normalized spacial score (nSPS) is 28.7. The minimum absolute atomic E-state index is 0.0740. The van der Waals surface area contributed by atoms with Gasteiger partial charge in [0.2, 0.25) is 0 Å². The van der Waals surface area contributed by atoms with Gasteiger partial charge < -0.3 is 5.11 Å². The summed E-state index contributed by atoms with van der Waals surface area (Å²) in [7, 11) is 0. The molecule has 0 saturated heterocycles. The van der Waals surface area contributed by atoms with Crippen molar-refractivity contribution in [3.8, 4) is 0 Å². The molecule has 0 aromatic heterocycles. The van der Waals surface area contributed by atoms with Gasteiger partial charge in [-0.3, -0.25) is 9.59 Å². The van der Waals surface area contributed by atoms with Crippen LogP contribution in [0.25, 0.3) is 0 Å². The van der Waals surface area contributed by atoms with Gasteiger partial charge in [0.25, 0.3) is 0 Å². The lowest BCUT2D eigenvalue weighted by molar-refractivity contribution is -0.146. The molecule has 0 aromatic carbocycles. The van der Waals surface area contributed by atoms with Gasteiger partial charge in [0, 0.05) is 11.8 Å². The van der Waals surface area contributed by atoms with Crippen molar-refractivity contribution in [2.45, 2.75) is 26.2 Å². The molecule has 80 valence electrons. The van der Waals surface area contributed by atoms with Gasteiger partial charge in [-0.25, -0.2) is 0 Å². The molecule has 0 radical (unpaired) electrons. The Hall–Kier alpha value is -0.510. The van der Waals surface area contributed by atoms with Gasteiger partial charge in [-0.05, 0) is 18.6 Å². The zero-order valence-corrected chi connectivity index (χ0v) is 9.17. The number of ketones is 1. The molecule has 1 aliphatic carbocycles. The summed E-state index contributed by atoms with van der Waals surface area (Å²) in [4.78, 5) is 22.6. The van der Waals surface area contributed by atoms with Crippen molar-refractivity contribution >= 4 is 24.4 Å². The summed E-state index contributed by atoms with van der Waals surface area (Å²) in [6, 6.07) is 0. The monoisotopic (exact) mass is 216 g/mol. The van der Waals surface area contributed by atoms with E-state index in [2.05, 4.69) is 12.6 Å². The van der Waals surface area contributed by atoms with E-state index < -0.39 is 11.9 Å². The van der Waals surface area contributed by atoms with Crippen molar-refractivity contribution in [2.75, 3.05) is 5.75 Å². The van der Waals surface area contributed by atoms with E-state index >= 15 is 0 Å². The second-order valence-corrected chi connectivity index (χ2v) is 4.33. The van der Waals surface area contributed by atoms with Gasteiger partial charge in [0.15, 0.2) is 0 Å². The van der Waals surface area contributed by atoms with Crippen LogP contribution >= 0.6 is 12.6 Å². The first-order valence-corrected chi connectivity index (χ1v) is 5.58. The third-order valence-electron chi connectivity index (χ3n) is 2.96. The van der Waals surface area contributed by atoms with E-state index in [-0.39, 0.29) is 17.6 Å². The van der Waals surface area contributed by atoms with E-state index in [0.717, 1.165) is 12.8 Å². The number of carbonyl (C=O) groups excluding carboxylic acids is 1. The average Bonchev–Trinajstić information content (AvgIpc) is 2.63. The minimum atomic E-state index is -0.827. The Labute approximate surface area is 89.3 Å².